The van der Waals surface area contributed by atoms with Crippen LogP contribution in [0.5, 0.6) is 0 Å². The van der Waals surface area contributed by atoms with Crippen molar-refractivity contribution < 1.29 is 9.72 Å². The highest BCUT2D eigenvalue weighted by atomic mass is 35.5. The molecule has 1 atom stereocenters. The summed E-state index contributed by atoms with van der Waals surface area (Å²) in [6, 6.07) is 2.52. The van der Waals surface area contributed by atoms with E-state index in [0.29, 0.717) is 0 Å². The van der Waals surface area contributed by atoms with Crippen LogP contribution in [-0.4, -0.2) is 16.9 Å². The van der Waals surface area contributed by atoms with Crippen LogP contribution in [0, 0.1) is 10.1 Å². The number of hydrogen-bond donors (Lipinski definition) is 1. The number of hydrogen-bond acceptors (Lipinski definition) is 3. The van der Waals surface area contributed by atoms with E-state index in [0.717, 1.165) is 25.3 Å². The van der Waals surface area contributed by atoms with E-state index >= 15 is 0 Å². The first kappa shape index (κ1) is 14.8. The Labute approximate surface area is 125 Å². The first-order chi connectivity index (χ1) is 9.49. The molecule has 0 aliphatic heterocycles. The van der Waals surface area contributed by atoms with Gasteiger partial charge >= 0.3 is 0 Å². The van der Waals surface area contributed by atoms with Crippen LogP contribution < -0.4 is 5.32 Å². The van der Waals surface area contributed by atoms with Gasteiger partial charge in [0.05, 0.1) is 9.95 Å². The van der Waals surface area contributed by atoms with Crippen LogP contribution in [-0.2, 0) is 0 Å². The van der Waals surface area contributed by atoms with Gasteiger partial charge in [0.25, 0.3) is 11.6 Å². The Balaban J connectivity index is 2.21. The van der Waals surface area contributed by atoms with E-state index in [9.17, 15) is 14.9 Å². The predicted molar refractivity (Wildman–Crippen MR) is 77.4 cm³/mol. The Morgan fingerprint density at radius 2 is 2.10 bits per heavy atom. The van der Waals surface area contributed by atoms with Crippen molar-refractivity contribution in [3.63, 3.8) is 0 Å². The van der Waals surface area contributed by atoms with E-state index in [-0.39, 0.29) is 33.2 Å². The number of nitrogens with one attached hydrogen (secondary N) is 1. The molecular weight excluding hydrogens is 303 g/mol. The number of nitro benzene ring substituents is 1. The molecule has 0 heterocycles. The van der Waals surface area contributed by atoms with E-state index in [1.54, 1.807) is 0 Å². The Kier molecular flexibility index (Phi) is 4.62. The number of rotatable bonds is 3. The fourth-order valence-corrected chi connectivity index (χ4v) is 2.42. The normalized spacial score (nSPS) is 17.8. The SMILES string of the molecule is O=C(NC1CC=CCC1)c1cc(Cl)c(Cl)c([N+](=O)[O-])c1. The predicted octanol–water partition coefficient (Wildman–Crippen LogP) is 3.74. The van der Waals surface area contributed by atoms with Gasteiger partial charge in [-0.05, 0) is 25.3 Å². The summed E-state index contributed by atoms with van der Waals surface area (Å²) in [5.41, 5.74) is -0.228. The molecule has 1 aromatic rings. The van der Waals surface area contributed by atoms with Crippen molar-refractivity contribution in [3.8, 4) is 0 Å². The van der Waals surface area contributed by atoms with Crippen molar-refractivity contribution in [1.29, 1.82) is 0 Å². The van der Waals surface area contributed by atoms with Crippen LogP contribution in [0.25, 0.3) is 0 Å². The van der Waals surface area contributed by atoms with Gasteiger partial charge in [0.15, 0.2) is 0 Å². The second-order valence-electron chi connectivity index (χ2n) is 4.50. The Morgan fingerprint density at radius 1 is 1.35 bits per heavy atom. The van der Waals surface area contributed by atoms with Crippen molar-refractivity contribution in [2.24, 2.45) is 0 Å². The first-order valence-electron chi connectivity index (χ1n) is 6.08. The third kappa shape index (κ3) is 3.29. The van der Waals surface area contributed by atoms with E-state index in [1.807, 2.05) is 6.08 Å². The number of nitrogens with zero attached hydrogens (tertiary/aromatic N) is 1. The summed E-state index contributed by atoms with van der Waals surface area (Å²) in [7, 11) is 0. The molecule has 20 heavy (non-hydrogen) atoms. The van der Waals surface area contributed by atoms with E-state index in [1.165, 1.54) is 6.07 Å². The molecule has 2 rings (SSSR count). The van der Waals surface area contributed by atoms with Gasteiger partial charge in [0.1, 0.15) is 5.02 Å². The second kappa shape index (κ2) is 6.24. The molecule has 1 amide bonds. The zero-order chi connectivity index (χ0) is 14.7. The average Bonchev–Trinajstić information content (AvgIpc) is 2.42. The van der Waals surface area contributed by atoms with Crippen LogP contribution in [0.4, 0.5) is 5.69 Å². The molecule has 7 heteroatoms. The number of carbonyl (C=O) groups excluding carboxylic acids is 1. The second-order valence-corrected chi connectivity index (χ2v) is 5.29. The smallest absolute Gasteiger partial charge is 0.290 e. The van der Waals surface area contributed by atoms with Crippen LogP contribution >= 0.6 is 23.2 Å². The highest BCUT2D eigenvalue weighted by Crippen LogP contribution is 2.33. The summed E-state index contributed by atoms with van der Waals surface area (Å²) >= 11 is 11.6. The maximum absolute atomic E-state index is 12.1. The third-order valence-corrected chi connectivity index (χ3v) is 3.86. The van der Waals surface area contributed by atoms with Crippen molar-refractivity contribution in [1.82, 2.24) is 5.32 Å². The van der Waals surface area contributed by atoms with Crippen LogP contribution in [0.3, 0.4) is 0 Å². The topological polar surface area (TPSA) is 72.2 Å². The number of allylic oxidation sites excluding steroid dienone is 1. The van der Waals surface area contributed by atoms with Gasteiger partial charge in [-0.15, -0.1) is 0 Å². The van der Waals surface area contributed by atoms with E-state index < -0.39 is 4.92 Å². The molecule has 1 aliphatic rings. The summed E-state index contributed by atoms with van der Waals surface area (Å²) in [6.45, 7) is 0. The lowest BCUT2D eigenvalue weighted by Crippen LogP contribution is -2.35. The molecule has 106 valence electrons. The number of benzene rings is 1. The Hall–Kier alpha value is -1.59. The van der Waals surface area contributed by atoms with E-state index in [2.05, 4.69) is 11.4 Å². The van der Waals surface area contributed by atoms with Gasteiger partial charge in [-0.3, -0.25) is 14.9 Å². The quantitative estimate of drug-likeness (QED) is 0.524. The van der Waals surface area contributed by atoms with Gasteiger partial charge in [0.2, 0.25) is 0 Å². The maximum atomic E-state index is 12.1. The van der Waals surface area contributed by atoms with Crippen molar-refractivity contribution in [2.45, 2.75) is 25.3 Å². The monoisotopic (exact) mass is 314 g/mol. The largest absolute Gasteiger partial charge is 0.349 e. The van der Waals surface area contributed by atoms with Crippen LogP contribution in [0.2, 0.25) is 10.0 Å². The molecule has 0 aromatic heterocycles. The molecule has 0 saturated heterocycles. The lowest BCUT2D eigenvalue weighted by molar-refractivity contribution is -0.384. The molecular formula is C13H12Cl2N2O3. The van der Waals surface area contributed by atoms with Gasteiger partial charge < -0.3 is 5.32 Å². The number of halogens is 2. The third-order valence-electron chi connectivity index (χ3n) is 3.07. The van der Waals surface area contributed by atoms with Gasteiger partial charge in [-0.25, -0.2) is 0 Å². The Morgan fingerprint density at radius 3 is 2.70 bits per heavy atom. The van der Waals surface area contributed by atoms with Crippen LogP contribution in [0.15, 0.2) is 24.3 Å². The fourth-order valence-electron chi connectivity index (χ4n) is 2.03. The van der Waals surface area contributed by atoms with E-state index in [4.69, 9.17) is 23.2 Å². The minimum Gasteiger partial charge on any atom is -0.349 e. The fraction of sp³-hybridized carbons (Fsp3) is 0.308. The standard InChI is InChI=1S/C13H12Cl2N2O3/c14-10-6-8(7-11(12(10)15)17(19)20)13(18)16-9-4-2-1-3-5-9/h1-2,6-7,9H,3-5H2,(H,16,18). The minimum absolute atomic E-state index is 0.00504. The lowest BCUT2D eigenvalue weighted by atomic mass is 10.0. The molecule has 0 radical (unpaired) electrons. The molecule has 0 saturated carbocycles. The molecule has 1 unspecified atom stereocenters. The van der Waals surface area contributed by atoms with Crippen molar-refractivity contribution in [3.05, 3.63) is 50.0 Å². The average molecular weight is 315 g/mol. The Bertz CT molecular complexity index is 587. The zero-order valence-electron chi connectivity index (χ0n) is 10.4. The van der Waals surface area contributed by atoms with Crippen molar-refractivity contribution in [2.75, 3.05) is 0 Å². The molecule has 0 bridgehead atoms. The van der Waals surface area contributed by atoms with Gasteiger partial charge in [-0.2, -0.15) is 0 Å². The molecule has 0 spiro atoms. The summed E-state index contributed by atoms with van der Waals surface area (Å²) in [4.78, 5) is 22.3. The minimum atomic E-state index is -0.658. The van der Waals surface area contributed by atoms with Crippen LogP contribution in [0.1, 0.15) is 29.6 Å². The number of amides is 1. The van der Waals surface area contributed by atoms with Gasteiger partial charge in [-0.1, -0.05) is 35.4 Å². The summed E-state index contributed by atoms with van der Waals surface area (Å²) in [5, 5.41) is 13.5. The highest BCUT2D eigenvalue weighted by Gasteiger charge is 2.21. The molecule has 1 N–H and O–H groups in total. The summed E-state index contributed by atoms with van der Waals surface area (Å²) in [5.74, 6) is -0.382. The number of carbonyl (C=O) groups is 1. The summed E-state index contributed by atoms with van der Waals surface area (Å²) < 4.78 is 0. The highest BCUT2D eigenvalue weighted by molar-refractivity contribution is 6.43. The van der Waals surface area contributed by atoms with Crippen molar-refractivity contribution >= 4 is 34.8 Å². The summed E-state index contributed by atoms with van der Waals surface area (Å²) in [6.07, 6.45) is 6.59. The zero-order valence-corrected chi connectivity index (χ0v) is 11.9. The number of nitro groups is 1. The lowest BCUT2D eigenvalue weighted by Gasteiger charge is -2.19. The van der Waals surface area contributed by atoms with Gasteiger partial charge in [0, 0.05) is 17.7 Å². The molecule has 1 aromatic carbocycles. The molecule has 1 aliphatic carbocycles. The maximum Gasteiger partial charge on any atom is 0.290 e. The molecule has 5 nitrogen and oxygen atoms in total. The first-order valence-corrected chi connectivity index (χ1v) is 6.84. The molecule has 0 fully saturated rings.